The smallest absolute Gasteiger partial charge is 0.373 e. The number of hydrogen-bond donors (Lipinski definition) is 0. The molecule has 0 amide bonds. The van der Waals surface area contributed by atoms with Crippen molar-refractivity contribution in [3.8, 4) is 0 Å². The van der Waals surface area contributed by atoms with Crippen LogP contribution < -0.4 is 0 Å². The SMILES string of the molecule is C[C@@H]1C2C1C1[C@@H]3CC[C@@H]4C[C@@H](C(F)(F)F)CC[C@@H]4C3CC[C@]1(C)C2CC1CO1. The third-order valence-corrected chi connectivity index (χ3v) is 10.9. The van der Waals surface area contributed by atoms with Gasteiger partial charge in [-0.25, -0.2) is 0 Å². The number of ether oxygens (including phenoxy) is 1. The van der Waals surface area contributed by atoms with E-state index in [-0.39, 0.29) is 0 Å². The van der Waals surface area contributed by atoms with Crippen LogP contribution in [0.5, 0.6) is 0 Å². The molecule has 0 aromatic heterocycles. The van der Waals surface area contributed by atoms with E-state index in [1.54, 1.807) is 0 Å². The minimum absolute atomic E-state index is 0.343. The highest BCUT2D eigenvalue weighted by atomic mass is 19.4. The average Bonchev–Trinajstić information content (AvgIpc) is 3.54. The van der Waals surface area contributed by atoms with Crippen molar-refractivity contribution in [2.24, 2.45) is 64.6 Å². The Kier molecular flexibility index (Phi) is 3.91. The maximum absolute atomic E-state index is 13.3. The van der Waals surface area contributed by atoms with Gasteiger partial charge in [0.15, 0.2) is 0 Å². The topological polar surface area (TPSA) is 12.5 Å². The Labute approximate surface area is 167 Å². The molecule has 0 N–H and O–H groups in total. The Balaban J connectivity index is 1.23. The Bertz CT molecular complexity index is 642. The van der Waals surface area contributed by atoms with Crippen LogP contribution >= 0.6 is 0 Å². The lowest BCUT2D eigenvalue weighted by molar-refractivity contribution is -0.196. The molecule has 6 fully saturated rings. The zero-order chi connectivity index (χ0) is 19.4. The Hall–Kier alpha value is -0.250. The molecule has 158 valence electrons. The van der Waals surface area contributed by atoms with Gasteiger partial charge in [0.2, 0.25) is 0 Å². The molecule has 1 aliphatic heterocycles. The van der Waals surface area contributed by atoms with Gasteiger partial charge in [0.1, 0.15) is 0 Å². The summed E-state index contributed by atoms with van der Waals surface area (Å²) in [7, 11) is 0. The molecule has 4 heteroatoms. The van der Waals surface area contributed by atoms with Gasteiger partial charge in [-0.05, 0) is 110 Å². The third-order valence-electron chi connectivity index (χ3n) is 10.9. The first-order chi connectivity index (χ1) is 13.3. The summed E-state index contributed by atoms with van der Waals surface area (Å²) in [5, 5.41) is 0. The summed E-state index contributed by atoms with van der Waals surface area (Å²) in [5.74, 6) is 5.79. The van der Waals surface area contributed by atoms with E-state index in [4.69, 9.17) is 4.74 Å². The highest BCUT2D eigenvalue weighted by Crippen LogP contribution is 2.77. The van der Waals surface area contributed by atoms with Crippen molar-refractivity contribution in [3.05, 3.63) is 0 Å². The monoisotopic (exact) mass is 396 g/mol. The molecule has 0 radical (unpaired) electrons. The van der Waals surface area contributed by atoms with Gasteiger partial charge in [0.25, 0.3) is 0 Å². The normalized spacial score (nSPS) is 59.7. The van der Waals surface area contributed by atoms with Crippen LogP contribution in [-0.4, -0.2) is 18.9 Å². The lowest BCUT2D eigenvalue weighted by Crippen LogP contribution is -2.51. The molecule has 6 rings (SSSR count). The van der Waals surface area contributed by atoms with Gasteiger partial charge < -0.3 is 4.74 Å². The van der Waals surface area contributed by atoms with Gasteiger partial charge >= 0.3 is 6.18 Å². The van der Waals surface area contributed by atoms with E-state index in [0.717, 1.165) is 60.9 Å². The fourth-order valence-electron chi connectivity index (χ4n) is 9.66. The van der Waals surface area contributed by atoms with Crippen molar-refractivity contribution < 1.29 is 17.9 Å². The number of hydrogen-bond acceptors (Lipinski definition) is 1. The second kappa shape index (κ2) is 5.92. The predicted octanol–water partition coefficient (Wildman–Crippen LogP) is 6.32. The molecular weight excluding hydrogens is 361 g/mol. The standard InChI is InChI=1S/C24H35F3O/c1-12-20-19(10-15-11-28-15)23(2)8-7-17-16-6-4-14(24(25,26)27)9-13(16)3-5-18(17)22(23)21(12)20/h12-22H,3-11H2,1-2H3/t12-,13-,14+,15?,16+,17?,18-,19?,20?,21?,22?,23-/m1/s1. The molecule has 1 heterocycles. The van der Waals surface area contributed by atoms with Crippen LogP contribution in [0.25, 0.3) is 0 Å². The summed E-state index contributed by atoms with van der Waals surface area (Å²) < 4.78 is 45.5. The van der Waals surface area contributed by atoms with Crippen LogP contribution in [0, 0.1) is 64.6 Å². The minimum atomic E-state index is -3.98. The molecule has 5 aliphatic carbocycles. The van der Waals surface area contributed by atoms with Crippen LogP contribution in [0.1, 0.15) is 65.2 Å². The molecule has 12 atom stereocenters. The Morgan fingerprint density at radius 1 is 0.964 bits per heavy atom. The quantitative estimate of drug-likeness (QED) is 0.497. The van der Waals surface area contributed by atoms with E-state index >= 15 is 0 Å². The molecule has 1 nitrogen and oxygen atoms in total. The predicted molar refractivity (Wildman–Crippen MR) is 101 cm³/mol. The zero-order valence-electron chi connectivity index (χ0n) is 17.3. The van der Waals surface area contributed by atoms with Gasteiger partial charge in [0.05, 0.1) is 18.6 Å². The van der Waals surface area contributed by atoms with Gasteiger partial charge in [-0.2, -0.15) is 13.2 Å². The van der Waals surface area contributed by atoms with E-state index in [1.165, 1.54) is 25.7 Å². The first-order valence-corrected chi connectivity index (χ1v) is 12.0. The van der Waals surface area contributed by atoms with Crippen molar-refractivity contribution in [2.75, 3.05) is 6.61 Å². The number of epoxide rings is 1. The molecule has 0 bridgehead atoms. The number of halogens is 3. The highest BCUT2D eigenvalue weighted by molar-refractivity contribution is 5.20. The van der Waals surface area contributed by atoms with E-state index in [2.05, 4.69) is 13.8 Å². The summed E-state index contributed by atoms with van der Waals surface area (Å²) >= 11 is 0. The van der Waals surface area contributed by atoms with Gasteiger partial charge in [-0.3, -0.25) is 0 Å². The first-order valence-electron chi connectivity index (χ1n) is 12.0. The maximum Gasteiger partial charge on any atom is 0.391 e. The second-order valence-electron chi connectivity index (χ2n) is 11.8. The summed E-state index contributed by atoms with van der Waals surface area (Å²) in [6.45, 7) is 6.03. The van der Waals surface area contributed by atoms with Crippen LogP contribution in [0.3, 0.4) is 0 Å². The fourth-order valence-corrected chi connectivity index (χ4v) is 9.66. The Morgan fingerprint density at radius 3 is 2.43 bits per heavy atom. The van der Waals surface area contributed by atoms with E-state index in [1.807, 2.05) is 0 Å². The molecule has 6 unspecified atom stereocenters. The molecule has 0 aromatic rings. The summed E-state index contributed by atoms with van der Waals surface area (Å²) in [5.41, 5.74) is 0.477. The van der Waals surface area contributed by atoms with E-state index < -0.39 is 12.1 Å². The average molecular weight is 397 g/mol. The molecule has 1 saturated heterocycles. The van der Waals surface area contributed by atoms with Crippen LogP contribution in [0.2, 0.25) is 0 Å². The van der Waals surface area contributed by atoms with Crippen molar-refractivity contribution in [1.29, 1.82) is 0 Å². The number of rotatable bonds is 2. The van der Waals surface area contributed by atoms with Crippen LogP contribution in [0.15, 0.2) is 0 Å². The summed E-state index contributed by atoms with van der Waals surface area (Å²) in [6.07, 6.45) is 4.34. The van der Waals surface area contributed by atoms with Gasteiger partial charge in [-0.15, -0.1) is 0 Å². The molecule has 0 aromatic carbocycles. The van der Waals surface area contributed by atoms with Gasteiger partial charge in [0, 0.05) is 0 Å². The van der Waals surface area contributed by atoms with Crippen molar-refractivity contribution in [3.63, 3.8) is 0 Å². The fraction of sp³-hybridized carbons (Fsp3) is 1.00. The van der Waals surface area contributed by atoms with Crippen LogP contribution in [-0.2, 0) is 4.74 Å². The minimum Gasteiger partial charge on any atom is -0.373 e. The molecule has 5 saturated carbocycles. The van der Waals surface area contributed by atoms with Crippen molar-refractivity contribution in [1.82, 2.24) is 0 Å². The van der Waals surface area contributed by atoms with E-state index in [0.29, 0.717) is 36.2 Å². The third kappa shape index (κ3) is 2.54. The van der Waals surface area contributed by atoms with E-state index in [9.17, 15) is 13.2 Å². The molecular formula is C24H35F3O. The summed E-state index contributed by atoms with van der Waals surface area (Å²) in [6, 6.07) is 0. The molecule has 28 heavy (non-hydrogen) atoms. The number of fused-ring (bicyclic) bond motifs is 7. The summed E-state index contributed by atoms with van der Waals surface area (Å²) in [4.78, 5) is 0. The number of alkyl halides is 3. The Morgan fingerprint density at radius 2 is 1.71 bits per heavy atom. The van der Waals surface area contributed by atoms with Crippen molar-refractivity contribution in [2.45, 2.75) is 77.5 Å². The maximum atomic E-state index is 13.3. The van der Waals surface area contributed by atoms with Crippen LogP contribution in [0.4, 0.5) is 13.2 Å². The molecule has 6 aliphatic rings. The molecule has 0 spiro atoms. The van der Waals surface area contributed by atoms with Crippen molar-refractivity contribution >= 4 is 0 Å². The lowest BCUT2D eigenvalue weighted by atomic mass is 9.47. The second-order valence-corrected chi connectivity index (χ2v) is 11.8. The highest BCUT2D eigenvalue weighted by Gasteiger charge is 2.72. The lowest BCUT2D eigenvalue weighted by Gasteiger charge is -2.57. The van der Waals surface area contributed by atoms with Gasteiger partial charge in [-0.1, -0.05) is 13.8 Å². The first kappa shape index (κ1) is 18.5. The largest absolute Gasteiger partial charge is 0.391 e. The zero-order valence-corrected chi connectivity index (χ0v) is 17.3.